The van der Waals surface area contributed by atoms with Crippen molar-refractivity contribution in [2.24, 2.45) is 17.6 Å². The quantitative estimate of drug-likeness (QED) is 0.613. The summed E-state index contributed by atoms with van der Waals surface area (Å²) in [5.41, 5.74) is 4.44. The number of amides is 1. The highest BCUT2D eigenvalue weighted by molar-refractivity contribution is 5.86. The number of nitrogens with two attached hydrogens (primary N) is 1. The summed E-state index contributed by atoms with van der Waals surface area (Å²) in [6, 6.07) is 0. The monoisotopic (exact) mass is 258 g/mol. The smallest absolute Gasteiger partial charge is 0.329 e. The van der Waals surface area contributed by atoms with Crippen LogP contribution < -0.4 is 11.1 Å². The van der Waals surface area contributed by atoms with Gasteiger partial charge in [0.15, 0.2) is 0 Å². The van der Waals surface area contributed by atoms with Crippen molar-refractivity contribution in [2.45, 2.75) is 52.5 Å². The Kier molecular flexibility index (Phi) is 6.91. The lowest BCUT2D eigenvalue weighted by molar-refractivity contribution is -0.147. The van der Waals surface area contributed by atoms with Gasteiger partial charge in [0.05, 0.1) is 0 Å². The molecule has 0 aromatic carbocycles. The van der Waals surface area contributed by atoms with Crippen molar-refractivity contribution >= 4 is 11.9 Å². The van der Waals surface area contributed by atoms with Crippen LogP contribution in [0.25, 0.3) is 0 Å². The molecule has 1 amide bonds. The van der Waals surface area contributed by atoms with Crippen molar-refractivity contribution in [3.8, 4) is 0 Å². The molecule has 0 heterocycles. The van der Waals surface area contributed by atoms with Gasteiger partial charge in [0, 0.05) is 6.42 Å². The Bertz CT molecular complexity index is 292. The topological polar surface area (TPSA) is 92.4 Å². The van der Waals surface area contributed by atoms with E-state index in [9.17, 15) is 9.59 Å². The Morgan fingerprint density at radius 3 is 2.28 bits per heavy atom. The van der Waals surface area contributed by atoms with Gasteiger partial charge in [0.1, 0.15) is 5.54 Å². The highest BCUT2D eigenvalue weighted by Crippen LogP contribution is 2.16. The van der Waals surface area contributed by atoms with Crippen molar-refractivity contribution in [1.82, 2.24) is 5.32 Å². The van der Waals surface area contributed by atoms with Gasteiger partial charge in [-0.1, -0.05) is 20.8 Å². The van der Waals surface area contributed by atoms with E-state index in [1.165, 1.54) is 6.92 Å². The third-order valence-corrected chi connectivity index (χ3v) is 3.21. The highest BCUT2D eigenvalue weighted by atomic mass is 16.4. The number of carboxylic acid groups (broad SMARTS) is 1. The van der Waals surface area contributed by atoms with Crippen molar-refractivity contribution in [2.75, 3.05) is 6.54 Å². The summed E-state index contributed by atoms with van der Waals surface area (Å²) in [4.78, 5) is 22.9. The minimum atomic E-state index is -1.19. The van der Waals surface area contributed by atoms with Crippen LogP contribution in [0.4, 0.5) is 0 Å². The molecule has 0 aliphatic rings. The van der Waals surface area contributed by atoms with E-state index in [0.717, 1.165) is 6.42 Å². The van der Waals surface area contributed by atoms with Crippen molar-refractivity contribution in [3.05, 3.63) is 0 Å². The zero-order valence-electron chi connectivity index (χ0n) is 11.8. The first-order valence-corrected chi connectivity index (χ1v) is 6.49. The number of carbonyl (C=O) groups excluding carboxylic acids is 1. The molecule has 0 saturated carbocycles. The van der Waals surface area contributed by atoms with Gasteiger partial charge in [-0.05, 0) is 38.1 Å². The first-order chi connectivity index (χ1) is 8.25. The first-order valence-electron chi connectivity index (χ1n) is 6.49. The Balaban J connectivity index is 4.44. The second-order valence-corrected chi connectivity index (χ2v) is 5.47. The minimum Gasteiger partial charge on any atom is -0.480 e. The van der Waals surface area contributed by atoms with Crippen LogP contribution in [-0.2, 0) is 9.59 Å². The summed E-state index contributed by atoms with van der Waals surface area (Å²) in [6.07, 6.45) is 1.52. The number of carbonyl (C=O) groups is 2. The normalized spacial score (nSPS) is 16.1. The molecule has 0 aromatic heterocycles. The Morgan fingerprint density at radius 1 is 1.39 bits per heavy atom. The van der Waals surface area contributed by atoms with Gasteiger partial charge in [-0.25, -0.2) is 4.79 Å². The van der Waals surface area contributed by atoms with Crippen LogP contribution in [0.3, 0.4) is 0 Å². The van der Waals surface area contributed by atoms with E-state index in [4.69, 9.17) is 10.8 Å². The third kappa shape index (κ3) is 5.49. The fourth-order valence-corrected chi connectivity index (χ4v) is 1.84. The second-order valence-electron chi connectivity index (χ2n) is 5.47. The molecule has 0 rings (SSSR count). The number of hydrogen-bond acceptors (Lipinski definition) is 3. The molecule has 0 aromatic rings. The van der Waals surface area contributed by atoms with E-state index in [2.05, 4.69) is 19.2 Å². The molecule has 1 unspecified atom stereocenters. The van der Waals surface area contributed by atoms with Gasteiger partial charge in [-0.15, -0.1) is 0 Å². The molecule has 0 aliphatic heterocycles. The van der Waals surface area contributed by atoms with Crippen LogP contribution in [0.1, 0.15) is 47.0 Å². The molecule has 5 heteroatoms. The molecule has 0 radical (unpaired) electrons. The lowest BCUT2D eigenvalue weighted by atomic mass is 9.92. The summed E-state index contributed by atoms with van der Waals surface area (Å²) in [7, 11) is 0. The van der Waals surface area contributed by atoms with Gasteiger partial charge in [-0.2, -0.15) is 0 Å². The summed E-state index contributed by atoms with van der Waals surface area (Å²) in [6.45, 7) is 7.86. The Morgan fingerprint density at radius 2 is 1.94 bits per heavy atom. The molecule has 0 bridgehead atoms. The molecule has 0 fully saturated rings. The standard InChI is InChI=1S/C13H26N2O3/c1-5-13(4,12(17)18)15-11(16)7-10(8-14)6-9(2)3/h9-10H,5-8,14H2,1-4H3,(H,15,16)(H,17,18)/t10-,13?/m0/s1. The van der Waals surface area contributed by atoms with Crippen molar-refractivity contribution in [1.29, 1.82) is 0 Å². The van der Waals surface area contributed by atoms with Crippen LogP contribution in [0.5, 0.6) is 0 Å². The molecule has 0 aliphatic carbocycles. The lowest BCUT2D eigenvalue weighted by Crippen LogP contribution is -2.52. The number of rotatable bonds is 8. The zero-order valence-corrected chi connectivity index (χ0v) is 11.8. The molecule has 0 saturated heterocycles. The fourth-order valence-electron chi connectivity index (χ4n) is 1.84. The maximum absolute atomic E-state index is 11.8. The van der Waals surface area contributed by atoms with E-state index in [1.54, 1.807) is 6.92 Å². The number of nitrogens with one attached hydrogen (secondary N) is 1. The predicted molar refractivity (Wildman–Crippen MR) is 71.1 cm³/mol. The lowest BCUT2D eigenvalue weighted by Gasteiger charge is -2.26. The summed E-state index contributed by atoms with van der Waals surface area (Å²) in [5.74, 6) is -0.660. The predicted octanol–water partition coefficient (Wildman–Crippen LogP) is 1.37. The van der Waals surface area contributed by atoms with Crippen LogP contribution in [0.15, 0.2) is 0 Å². The SMILES string of the molecule is CCC(C)(NC(=O)C[C@@H](CN)CC(C)C)C(=O)O. The van der Waals surface area contributed by atoms with E-state index < -0.39 is 11.5 Å². The van der Waals surface area contributed by atoms with Gasteiger partial charge < -0.3 is 16.2 Å². The molecular weight excluding hydrogens is 232 g/mol. The molecule has 5 nitrogen and oxygen atoms in total. The van der Waals surface area contributed by atoms with Gasteiger partial charge in [0.25, 0.3) is 0 Å². The van der Waals surface area contributed by atoms with Crippen LogP contribution >= 0.6 is 0 Å². The van der Waals surface area contributed by atoms with E-state index in [-0.39, 0.29) is 18.2 Å². The molecule has 4 N–H and O–H groups in total. The second kappa shape index (κ2) is 7.36. The summed E-state index contributed by atoms with van der Waals surface area (Å²) in [5, 5.41) is 11.7. The fraction of sp³-hybridized carbons (Fsp3) is 0.846. The third-order valence-electron chi connectivity index (χ3n) is 3.21. The van der Waals surface area contributed by atoms with Crippen molar-refractivity contribution in [3.63, 3.8) is 0 Å². The Hall–Kier alpha value is -1.10. The average molecular weight is 258 g/mol. The van der Waals surface area contributed by atoms with E-state index >= 15 is 0 Å². The van der Waals surface area contributed by atoms with E-state index in [1.807, 2.05) is 0 Å². The summed E-state index contributed by atoms with van der Waals surface area (Å²) >= 11 is 0. The highest BCUT2D eigenvalue weighted by Gasteiger charge is 2.33. The van der Waals surface area contributed by atoms with Crippen LogP contribution in [0.2, 0.25) is 0 Å². The molecule has 2 atom stereocenters. The van der Waals surface area contributed by atoms with Gasteiger partial charge >= 0.3 is 5.97 Å². The summed E-state index contributed by atoms with van der Waals surface area (Å²) < 4.78 is 0. The first kappa shape index (κ1) is 16.9. The largest absolute Gasteiger partial charge is 0.480 e. The zero-order chi connectivity index (χ0) is 14.3. The molecular formula is C13H26N2O3. The maximum atomic E-state index is 11.8. The number of hydrogen-bond donors (Lipinski definition) is 3. The van der Waals surface area contributed by atoms with E-state index in [0.29, 0.717) is 18.9 Å². The van der Waals surface area contributed by atoms with Crippen molar-refractivity contribution < 1.29 is 14.7 Å². The molecule has 0 spiro atoms. The van der Waals surface area contributed by atoms with Crippen LogP contribution in [-0.4, -0.2) is 29.1 Å². The maximum Gasteiger partial charge on any atom is 0.329 e. The number of carboxylic acids is 1. The van der Waals surface area contributed by atoms with Gasteiger partial charge in [-0.3, -0.25) is 4.79 Å². The average Bonchev–Trinajstić information content (AvgIpc) is 2.26. The molecule has 106 valence electrons. The van der Waals surface area contributed by atoms with Gasteiger partial charge in [0.2, 0.25) is 5.91 Å². The molecule has 18 heavy (non-hydrogen) atoms. The minimum absolute atomic E-state index is 0.111. The number of aliphatic carboxylic acids is 1. The van der Waals surface area contributed by atoms with Crippen LogP contribution in [0, 0.1) is 11.8 Å². The Labute approximate surface area is 109 Å².